The lowest BCUT2D eigenvalue weighted by Crippen LogP contribution is -2.69. The molecule has 0 fully saturated rings. The van der Waals surface area contributed by atoms with Gasteiger partial charge in [0.1, 0.15) is 17.9 Å². The van der Waals surface area contributed by atoms with E-state index in [0.717, 1.165) is 16.7 Å². The number of quaternary nitrogens is 1. The zero-order chi connectivity index (χ0) is 27.3. The molecule has 36 heavy (non-hydrogen) atoms. The van der Waals surface area contributed by atoms with Gasteiger partial charge in [0.15, 0.2) is 5.78 Å². The Balaban J connectivity index is 0.000000362. The molecule has 0 aromatic heterocycles. The van der Waals surface area contributed by atoms with Crippen molar-refractivity contribution in [3.05, 3.63) is 70.8 Å². The van der Waals surface area contributed by atoms with Gasteiger partial charge in [-0.15, -0.1) is 0 Å². The summed E-state index contributed by atoms with van der Waals surface area (Å²) in [6.07, 6.45) is 2.25. The van der Waals surface area contributed by atoms with Crippen LogP contribution in [0.2, 0.25) is 0 Å². The largest absolute Gasteiger partial charge is 0.544 e. The maximum atomic E-state index is 11.7. The highest BCUT2D eigenvalue weighted by Gasteiger charge is 2.13. The van der Waals surface area contributed by atoms with Crippen molar-refractivity contribution in [1.82, 2.24) is 0 Å². The number of benzene rings is 2. The lowest BCUT2D eigenvalue weighted by atomic mass is 10.0. The number of nitrogens with two attached hydrogens (primary N) is 1. The third-order valence-corrected chi connectivity index (χ3v) is 4.99. The molecule has 0 aliphatic heterocycles. The molecule has 0 saturated heterocycles. The third kappa shape index (κ3) is 11.4. The van der Waals surface area contributed by atoms with Crippen molar-refractivity contribution in [3.63, 3.8) is 0 Å². The molecule has 0 spiro atoms. The zero-order valence-corrected chi connectivity index (χ0v) is 20.3. The van der Waals surface area contributed by atoms with E-state index in [1.807, 2.05) is 0 Å². The smallest absolute Gasteiger partial charge is 0.320 e. The monoisotopic (exact) mass is 497 g/mol. The van der Waals surface area contributed by atoms with E-state index in [0.29, 0.717) is 12.0 Å². The molecule has 1 amide bonds. The number of carboxylic acids is 2. The Bertz CT molecular complexity index is 1090. The number of hydrogen-bond donors (Lipinski definition) is 3. The number of carbonyl (C=O) groups is 5. The summed E-state index contributed by atoms with van der Waals surface area (Å²) in [5.41, 5.74) is 11.7. The van der Waals surface area contributed by atoms with E-state index < -0.39 is 24.0 Å². The maximum absolute atomic E-state index is 11.7. The molecule has 0 aliphatic rings. The summed E-state index contributed by atoms with van der Waals surface area (Å²) >= 11 is 0. The van der Waals surface area contributed by atoms with E-state index in [1.165, 1.54) is 13.1 Å². The van der Waals surface area contributed by atoms with Crippen LogP contribution in [0.4, 0.5) is 0 Å². The molecular formula is C26H31N3O7. The first-order valence-electron chi connectivity index (χ1n) is 11.2. The summed E-state index contributed by atoms with van der Waals surface area (Å²) in [4.78, 5) is 58.3. The van der Waals surface area contributed by atoms with Crippen molar-refractivity contribution in [2.24, 2.45) is 10.7 Å². The highest BCUT2D eigenvalue weighted by molar-refractivity contribution is 6.07. The number of nitrogens with zero attached hydrogens (tertiary/aromatic N) is 1. The fourth-order valence-corrected chi connectivity index (χ4v) is 2.85. The van der Waals surface area contributed by atoms with E-state index in [1.54, 1.807) is 55.5 Å². The predicted molar refractivity (Wildman–Crippen MR) is 130 cm³/mol. The molecule has 0 radical (unpaired) electrons. The number of carbonyl (C=O) groups excluding carboxylic acids is 4. The fourth-order valence-electron chi connectivity index (χ4n) is 2.85. The van der Waals surface area contributed by atoms with Crippen LogP contribution >= 0.6 is 0 Å². The summed E-state index contributed by atoms with van der Waals surface area (Å²) in [7, 11) is 0. The molecule has 0 aliphatic carbocycles. The topological polar surface area (TPSA) is 195 Å². The number of amides is 1. The summed E-state index contributed by atoms with van der Waals surface area (Å²) in [6, 6.07) is 11.9. The quantitative estimate of drug-likeness (QED) is 0.215. The number of hydrogen-bond acceptors (Lipinski definition) is 7. The Morgan fingerprint density at radius 3 is 2.00 bits per heavy atom. The van der Waals surface area contributed by atoms with Crippen LogP contribution in [0.5, 0.6) is 0 Å². The fraction of sp³-hybridized carbons (Fsp3) is 0.308. The van der Waals surface area contributed by atoms with Crippen LogP contribution in [0, 0.1) is 0 Å². The van der Waals surface area contributed by atoms with Crippen LogP contribution in [-0.2, 0) is 32.0 Å². The second kappa shape index (κ2) is 15.1. The standard InChI is InChI=1S/C14H17NO4.C12H14N2O3/c1-2-11(16)8-13(17)10-5-3-9(4-6-10)7-12(15)14(18)19;1-8(15)14-7-10-4-2-9(3-5-10)6-11(13)12(16)17/h3-6,12H,2,7-8,15H2,1H3,(H,18,19);2-5,7,11H,6,13H2,1H3,(H,16,17)/t12-;/m0./s1. The van der Waals surface area contributed by atoms with Gasteiger partial charge in [-0.05, 0) is 23.1 Å². The first-order valence-corrected chi connectivity index (χ1v) is 11.2. The van der Waals surface area contributed by atoms with Crippen LogP contribution in [-0.4, -0.2) is 52.8 Å². The van der Waals surface area contributed by atoms with Crippen LogP contribution in [0.25, 0.3) is 0 Å². The normalized spacial score (nSPS) is 12.2. The van der Waals surface area contributed by atoms with Crippen molar-refractivity contribution in [2.45, 2.75) is 51.6 Å². The van der Waals surface area contributed by atoms with Gasteiger partial charge in [-0.3, -0.25) is 19.2 Å². The van der Waals surface area contributed by atoms with E-state index in [9.17, 15) is 29.1 Å². The molecular weight excluding hydrogens is 466 g/mol. The Hall–Kier alpha value is -4.02. The average Bonchev–Trinajstić information content (AvgIpc) is 2.84. The lowest BCUT2D eigenvalue weighted by Gasteiger charge is -2.09. The van der Waals surface area contributed by atoms with E-state index in [2.05, 4.69) is 10.7 Å². The number of rotatable bonds is 11. The van der Waals surface area contributed by atoms with Crippen molar-refractivity contribution in [3.8, 4) is 0 Å². The van der Waals surface area contributed by atoms with Gasteiger partial charge >= 0.3 is 5.97 Å². The molecule has 192 valence electrons. The Morgan fingerprint density at radius 2 is 1.53 bits per heavy atom. The molecule has 1 unspecified atom stereocenters. The summed E-state index contributed by atoms with van der Waals surface area (Å²) < 4.78 is 0. The summed E-state index contributed by atoms with van der Waals surface area (Å²) in [5.74, 6) is -2.80. The first kappa shape index (κ1) is 30.0. The Labute approximate surface area is 209 Å². The number of Topliss-reactive ketones (excluding diaryl/α,β-unsaturated/α-hetero) is 2. The zero-order valence-electron chi connectivity index (χ0n) is 20.3. The van der Waals surface area contributed by atoms with Crippen LogP contribution < -0.4 is 16.6 Å². The highest BCUT2D eigenvalue weighted by Crippen LogP contribution is 2.09. The minimum atomic E-state index is -1.20. The molecule has 0 bridgehead atoms. The van der Waals surface area contributed by atoms with E-state index in [-0.39, 0.29) is 36.7 Å². The van der Waals surface area contributed by atoms with Gasteiger partial charge in [0.25, 0.3) is 0 Å². The number of carboxylic acid groups (broad SMARTS) is 2. The predicted octanol–water partition coefficient (Wildman–Crippen LogP) is -0.252. The first-order chi connectivity index (χ1) is 16.9. The van der Waals surface area contributed by atoms with Gasteiger partial charge in [-0.2, -0.15) is 0 Å². The second-order valence-electron chi connectivity index (χ2n) is 8.08. The number of aliphatic carboxylic acids is 2. The Morgan fingerprint density at radius 1 is 1.00 bits per heavy atom. The lowest BCUT2D eigenvalue weighted by molar-refractivity contribution is -0.437. The van der Waals surface area contributed by atoms with Crippen molar-refractivity contribution in [2.75, 3.05) is 0 Å². The molecule has 10 nitrogen and oxygen atoms in total. The summed E-state index contributed by atoms with van der Waals surface area (Å²) in [5, 5.41) is 19.2. The number of ketones is 2. The van der Waals surface area contributed by atoms with Gasteiger partial charge in [0.05, 0.1) is 12.4 Å². The third-order valence-electron chi connectivity index (χ3n) is 4.99. The molecule has 0 saturated carbocycles. The highest BCUT2D eigenvalue weighted by atomic mass is 16.4. The minimum absolute atomic E-state index is 0.0904. The van der Waals surface area contributed by atoms with Crippen molar-refractivity contribution >= 4 is 35.6 Å². The van der Waals surface area contributed by atoms with E-state index in [4.69, 9.17) is 10.8 Å². The molecule has 2 aromatic rings. The van der Waals surface area contributed by atoms with Crippen molar-refractivity contribution in [1.29, 1.82) is 0 Å². The molecule has 10 heteroatoms. The van der Waals surface area contributed by atoms with Gasteiger partial charge in [0.2, 0.25) is 5.91 Å². The van der Waals surface area contributed by atoms with Crippen LogP contribution in [0.3, 0.4) is 0 Å². The molecule has 2 atom stereocenters. The molecule has 6 N–H and O–H groups in total. The van der Waals surface area contributed by atoms with Gasteiger partial charge in [0, 0.05) is 31.5 Å². The Kier molecular flexibility index (Phi) is 12.6. The number of aliphatic imine (C=N–C) groups is 1. The maximum Gasteiger partial charge on any atom is 0.320 e. The molecule has 2 rings (SSSR count). The van der Waals surface area contributed by atoms with Crippen LogP contribution in [0.15, 0.2) is 53.5 Å². The SMILES string of the molecule is CC(=O)N=Cc1ccc(CC(N)C(=O)O)cc1.CCC(=O)CC(=O)c1ccc(C[C@H]([NH3+])C(=O)[O-])cc1. The van der Waals surface area contributed by atoms with Gasteiger partial charge < -0.3 is 26.5 Å². The average molecular weight is 498 g/mol. The molecule has 0 heterocycles. The minimum Gasteiger partial charge on any atom is -0.544 e. The van der Waals surface area contributed by atoms with Crippen molar-refractivity contribution < 1.29 is 39.9 Å². The molecule has 2 aromatic carbocycles. The van der Waals surface area contributed by atoms with Gasteiger partial charge in [-0.1, -0.05) is 55.5 Å². The van der Waals surface area contributed by atoms with Crippen LogP contribution in [0.1, 0.15) is 53.7 Å². The second-order valence-corrected chi connectivity index (χ2v) is 8.08. The van der Waals surface area contributed by atoms with Gasteiger partial charge in [-0.25, -0.2) is 4.99 Å². The summed E-state index contributed by atoms with van der Waals surface area (Å²) in [6.45, 7) is 3.09. The van der Waals surface area contributed by atoms with E-state index >= 15 is 0 Å².